The van der Waals surface area contributed by atoms with E-state index >= 15 is 0 Å². The van der Waals surface area contributed by atoms with E-state index in [1.165, 1.54) is 7.11 Å². The molecule has 0 aromatic heterocycles. The van der Waals surface area contributed by atoms with Gasteiger partial charge in [0.1, 0.15) is 17.8 Å². The van der Waals surface area contributed by atoms with Gasteiger partial charge in [0.25, 0.3) is 0 Å². The van der Waals surface area contributed by atoms with Gasteiger partial charge >= 0.3 is 18.0 Å². The van der Waals surface area contributed by atoms with Gasteiger partial charge in [0.05, 0.1) is 7.11 Å². The van der Waals surface area contributed by atoms with E-state index in [0.29, 0.717) is 31.5 Å². The molecule has 1 aliphatic rings. The molecule has 28 heavy (non-hydrogen) atoms. The van der Waals surface area contributed by atoms with Gasteiger partial charge in [-0.15, -0.1) is 0 Å². The summed E-state index contributed by atoms with van der Waals surface area (Å²) >= 11 is 0. The quantitative estimate of drug-likeness (QED) is 0.259. The smallest absolute Gasteiger partial charge is 0.410 e. The van der Waals surface area contributed by atoms with Gasteiger partial charge in [-0.05, 0) is 44.7 Å². The van der Waals surface area contributed by atoms with Crippen molar-refractivity contribution in [3.05, 3.63) is 47.0 Å². The third-order valence-corrected chi connectivity index (χ3v) is 4.18. The Morgan fingerprint density at radius 1 is 1.00 bits per heavy atom. The molecule has 1 saturated heterocycles. The SMILES string of the molecule is COC(=O)C(C(=O)OCc1ccccc1)=C1CCN(C(=O)OC(C)(C)C)CC1. The van der Waals surface area contributed by atoms with Crippen LogP contribution in [0.4, 0.5) is 4.79 Å². The number of piperidine rings is 1. The Morgan fingerprint density at radius 3 is 2.14 bits per heavy atom. The molecule has 1 fully saturated rings. The third kappa shape index (κ3) is 6.11. The Balaban J connectivity index is 2.06. The summed E-state index contributed by atoms with van der Waals surface area (Å²) in [5.74, 6) is -1.43. The number of likely N-dealkylation sites (tertiary alicyclic amines) is 1. The van der Waals surface area contributed by atoms with Crippen LogP contribution in [0.2, 0.25) is 0 Å². The second-order valence-electron chi connectivity index (χ2n) is 7.50. The van der Waals surface area contributed by atoms with Crippen molar-refractivity contribution in [3.63, 3.8) is 0 Å². The number of hydrogen-bond donors (Lipinski definition) is 0. The lowest BCUT2D eigenvalue weighted by Gasteiger charge is -2.31. The molecule has 7 heteroatoms. The van der Waals surface area contributed by atoms with Crippen molar-refractivity contribution >= 4 is 18.0 Å². The molecule has 1 aliphatic heterocycles. The fraction of sp³-hybridized carbons (Fsp3) is 0.476. The summed E-state index contributed by atoms with van der Waals surface area (Å²) in [7, 11) is 1.23. The summed E-state index contributed by atoms with van der Waals surface area (Å²) in [5.41, 5.74) is 0.794. The zero-order valence-corrected chi connectivity index (χ0v) is 16.8. The Labute approximate surface area is 165 Å². The lowest BCUT2D eigenvalue weighted by atomic mass is 9.98. The molecule has 0 spiro atoms. The van der Waals surface area contributed by atoms with Crippen molar-refractivity contribution < 1.29 is 28.6 Å². The van der Waals surface area contributed by atoms with Gasteiger partial charge in [0.2, 0.25) is 0 Å². The predicted molar refractivity (Wildman–Crippen MR) is 102 cm³/mol. The van der Waals surface area contributed by atoms with Crippen LogP contribution in [-0.4, -0.2) is 48.7 Å². The maximum Gasteiger partial charge on any atom is 0.410 e. The average Bonchev–Trinajstić information content (AvgIpc) is 2.66. The molecule has 0 N–H and O–H groups in total. The number of carbonyl (C=O) groups is 3. The maximum atomic E-state index is 12.5. The highest BCUT2D eigenvalue weighted by Gasteiger charge is 2.30. The maximum absolute atomic E-state index is 12.5. The van der Waals surface area contributed by atoms with Gasteiger partial charge in [0, 0.05) is 13.1 Å². The van der Waals surface area contributed by atoms with Crippen molar-refractivity contribution in [2.45, 2.75) is 45.8 Å². The monoisotopic (exact) mass is 389 g/mol. The Kier molecular flexibility index (Phi) is 7.20. The number of benzene rings is 1. The summed E-state index contributed by atoms with van der Waals surface area (Å²) in [5, 5.41) is 0. The van der Waals surface area contributed by atoms with Crippen LogP contribution >= 0.6 is 0 Å². The molecule has 1 heterocycles. The summed E-state index contributed by atoms with van der Waals surface area (Å²) < 4.78 is 15.4. The number of esters is 2. The number of ether oxygens (including phenoxy) is 3. The van der Waals surface area contributed by atoms with Crippen molar-refractivity contribution in [3.8, 4) is 0 Å². The molecule has 0 unspecified atom stereocenters. The number of amides is 1. The Morgan fingerprint density at radius 2 is 1.61 bits per heavy atom. The highest BCUT2D eigenvalue weighted by molar-refractivity contribution is 6.14. The van der Waals surface area contributed by atoms with E-state index in [1.807, 2.05) is 30.3 Å². The summed E-state index contributed by atoms with van der Waals surface area (Å²) in [6.07, 6.45) is 0.353. The molecule has 1 amide bonds. The first kappa shape index (κ1) is 21.5. The highest BCUT2D eigenvalue weighted by Crippen LogP contribution is 2.23. The van der Waals surface area contributed by atoms with Gasteiger partial charge in [-0.25, -0.2) is 14.4 Å². The number of carbonyl (C=O) groups excluding carboxylic acids is 3. The second kappa shape index (κ2) is 9.39. The fourth-order valence-corrected chi connectivity index (χ4v) is 2.81. The van der Waals surface area contributed by atoms with E-state index in [2.05, 4.69) is 0 Å². The minimum Gasteiger partial charge on any atom is -0.465 e. The van der Waals surface area contributed by atoms with Crippen molar-refractivity contribution in [1.82, 2.24) is 4.90 Å². The van der Waals surface area contributed by atoms with Crippen LogP contribution in [0.3, 0.4) is 0 Å². The highest BCUT2D eigenvalue weighted by atomic mass is 16.6. The van der Waals surface area contributed by atoms with Crippen LogP contribution in [0.5, 0.6) is 0 Å². The molecular formula is C21H27NO6. The molecular weight excluding hydrogens is 362 g/mol. The van der Waals surface area contributed by atoms with E-state index in [-0.39, 0.29) is 12.2 Å². The van der Waals surface area contributed by atoms with E-state index in [1.54, 1.807) is 25.7 Å². The van der Waals surface area contributed by atoms with Crippen LogP contribution in [0, 0.1) is 0 Å². The minimum atomic E-state index is -0.723. The molecule has 152 valence electrons. The summed E-state index contributed by atoms with van der Waals surface area (Å²) in [4.78, 5) is 38.5. The van der Waals surface area contributed by atoms with Gasteiger partial charge in [-0.1, -0.05) is 30.3 Å². The number of nitrogens with zero attached hydrogens (tertiary/aromatic N) is 1. The first-order chi connectivity index (χ1) is 13.2. The lowest BCUT2D eigenvalue weighted by molar-refractivity contribution is -0.146. The molecule has 1 aromatic carbocycles. The molecule has 2 rings (SSSR count). The van der Waals surface area contributed by atoms with Crippen LogP contribution in [0.15, 0.2) is 41.5 Å². The van der Waals surface area contributed by atoms with Crippen molar-refractivity contribution in [1.29, 1.82) is 0 Å². The summed E-state index contributed by atoms with van der Waals surface area (Å²) in [6, 6.07) is 9.21. The Hall–Kier alpha value is -2.83. The summed E-state index contributed by atoms with van der Waals surface area (Å²) in [6.45, 7) is 6.19. The molecule has 0 saturated carbocycles. The van der Waals surface area contributed by atoms with Crippen LogP contribution in [-0.2, 0) is 30.4 Å². The van der Waals surface area contributed by atoms with Gasteiger partial charge in [-0.3, -0.25) is 0 Å². The zero-order valence-electron chi connectivity index (χ0n) is 16.8. The third-order valence-electron chi connectivity index (χ3n) is 4.18. The fourth-order valence-electron chi connectivity index (χ4n) is 2.81. The molecule has 7 nitrogen and oxygen atoms in total. The lowest BCUT2D eigenvalue weighted by Crippen LogP contribution is -2.40. The van der Waals surface area contributed by atoms with Gasteiger partial charge in [-0.2, -0.15) is 0 Å². The van der Waals surface area contributed by atoms with Crippen molar-refractivity contribution in [2.75, 3.05) is 20.2 Å². The molecule has 0 atom stereocenters. The van der Waals surface area contributed by atoms with Gasteiger partial charge < -0.3 is 19.1 Å². The average molecular weight is 389 g/mol. The number of hydrogen-bond acceptors (Lipinski definition) is 6. The second-order valence-corrected chi connectivity index (χ2v) is 7.50. The standard InChI is InChI=1S/C21H27NO6/c1-21(2,3)28-20(25)22-12-10-16(11-13-22)17(18(23)26-4)19(24)27-14-15-8-6-5-7-9-15/h5-9H,10-14H2,1-4H3. The molecule has 0 radical (unpaired) electrons. The Bertz CT molecular complexity index is 738. The first-order valence-corrected chi connectivity index (χ1v) is 9.20. The predicted octanol–water partition coefficient (Wildman–Crippen LogP) is 3.23. The van der Waals surface area contributed by atoms with E-state index in [4.69, 9.17) is 14.2 Å². The normalized spacial score (nSPS) is 14.3. The molecule has 1 aromatic rings. The topological polar surface area (TPSA) is 82.1 Å². The van der Waals surface area contributed by atoms with E-state index < -0.39 is 23.6 Å². The van der Waals surface area contributed by atoms with E-state index in [0.717, 1.165) is 5.56 Å². The van der Waals surface area contributed by atoms with Crippen LogP contribution < -0.4 is 0 Å². The molecule has 0 aliphatic carbocycles. The van der Waals surface area contributed by atoms with E-state index in [9.17, 15) is 14.4 Å². The van der Waals surface area contributed by atoms with Crippen molar-refractivity contribution in [2.24, 2.45) is 0 Å². The van der Waals surface area contributed by atoms with Gasteiger partial charge in [0.15, 0.2) is 0 Å². The first-order valence-electron chi connectivity index (χ1n) is 9.20. The largest absolute Gasteiger partial charge is 0.465 e. The van der Waals surface area contributed by atoms with Crippen LogP contribution in [0.25, 0.3) is 0 Å². The minimum absolute atomic E-state index is 0.0669. The van der Waals surface area contributed by atoms with Crippen LogP contribution in [0.1, 0.15) is 39.2 Å². The number of rotatable bonds is 4. The molecule has 0 bridgehead atoms. The number of methoxy groups -OCH3 is 1. The zero-order chi connectivity index (χ0) is 20.7.